The highest BCUT2D eigenvalue weighted by atomic mass is 31.2. The fourth-order valence-corrected chi connectivity index (χ4v) is 6.75. The number of allylic oxidation sites excluding steroid dienone is 8. The molecule has 0 spiro atoms. The first-order valence-corrected chi connectivity index (χ1v) is 24.4. The van der Waals surface area contributed by atoms with Gasteiger partial charge in [0.05, 0.1) is 27.7 Å². The maximum Gasteiger partial charge on any atom is 0.472 e. The van der Waals surface area contributed by atoms with Gasteiger partial charge in [-0.1, -0.05) is 172 Å². The van der Waals surface area contributed by atoms with Gasteiger partial charge in [0.15, 0.2) is 6.10 Å². The lowest BCUT2D eigenvalue weighted by Gasteiger charge is -2.24. The third-order valence-corrected chi connectivity index (χ3v) is 10.6. The van der Waals surface area contributed by atoms with Crippen LogP contribution in [-0.4, -0.2) is 74.9 Å². The number of ether oxygens (including phenoxy) is 2. The van der Waals surface area contributed by atoms with Crippen LogP contribution in [0.1, 0.15) is 187 Å². The molecule has 2 atom stereocenters. The van der Waals surface area contributed by atoms with E-state index in [9.17, 15) is 19.0 Å². The van der Waals surface area contributed by atoms with Crippen molar-refractivity contribution in [2.24, 2.45) is 0 Å². The lowest BCUT2D eigenvalue weighted by atomic mass is 10.0. The molecule has 0 aromatic carbocycles. The summed E-state index contributed by atoms with van der Waals surface area (Å²) >= 11 is 0. The van der Waals surface area contributed by atoms with E-state index in [0.29, 0.717) is 23.9 Å². The molecule has 1 N–H and O–H groups in total. The Balaban J connectivity index is 4.42. The Morgan fingerprint density at radius 2 is 0.965 bits per heavy atom. The van der Waals surface area contributed by atoms with Crippen LogP contribution < -0.4 is 0 Å². The van der Waals surface area contributed by atoms with Crippen LogP contribution in [0.25, 0.3) is 0 Å². The summed E-state index contributed by atoms with van der Waals surface area (Å²) in [6.07, 6.45) is 45.9. The van der Waals surface area contributed by atoms with Crippen LogP contribution in [0.15, 0.2) is 48.6 Å². The Labute approximate surface area is 350 Å². The number of phosphoric acid groups is 1. The van der Waals surface area contributed by atoms with Crippen LogP contribution in [0, 0.1) is 0 Å². The van der Waals surface area contributed by atoms with E-state index < -0.39 is 32.5 Å². The van der Waals surface area contributed by atoms with Crippen molar-refractivity contribution in [3.63, 3.8) is 0 Å². The van der Waals surface area contributed by atoms with Crippen LogP contribution in [0.2, 0.25) is 0 Å². The monoisotopic (exact) mass is 825 g/mol. The van der Waals surface area contributed by atoms with Crippen molar-refractivity contribution < 1.29 is 42.1 Å². The Hall–Kier alpha value is -2.03. The summed E-state index contributed by atoms with van der Waals surface area (Å²) in [5, 5.41) is 0. The van der Waals surface area contributed by atoms with Gasteiger partial charge in [-0.15, -0.1) is 0 Å². The quantitative estimate of drug-likeness (QED) is 0.0213. The summed E-state index contributed by atoms with van der Waals surface area (Å²) in [4.78, 5) is 35.4. The lowest BCUT2D eigenvalue weighted by molar-refractivity contribution is -0.870. The predicted octanol–water partition coefficient (Wildman–Crippen LogP) is 13.1. The third-order valence-electron chi connectivity index (χ3n) is 9.61. The molecule has 1 unspecified atom stereocenters. The van der Waals surface area contributed by atoms with Gasteiger partial charge in [-0.2, -0.15) is 0 Å². The molecule has 0 saturated carbocycles. The van der Waals surface area contributed by atoms with Gasteiger partial charge in [0.25, 0.3) is 0 Å². The first-order valence-electron chi connectivity index (χ1n) is 22.9. The Morgan fingerprint density at radius 3 is 1.46 bits per heavy atom. The van der Waals surface area contributed by atoms with Crippen molar-refractivity contribution in [2.75, 3.05) is 47.5 Å². The summed E-state index contributed by atoms with van der Waals surface area (Å²) in [5.41, 5.74) is 0. The second kappa shape index (κ2) is 39.4. The van der Waals surface area contributed by atoms with E-state index in [-0.39, 0.29) is 26.1 Å². The molecule has 0 aromatic rings. The van der Waals surface area contributed by atoms with Crippen molar-refractivity contribution in [3.05, 3.63) is 48.6 Å². The molecule has 9 nitrogen and oxygen atoms in total. The number of esters is 2. The number of phosphoric ester groups is 1. The Kier molecular flexibility index (Phi) is 38.0. The van der Waals surface area contributed by atoms with Gasteiger partial charge in [0.1, 0.15) is 19.8 Å². The van der Waals surface area contributed by atoms with Crippen LogP contribution >= 0.6 is 7.82 Å². The number of hydrogen-bond donors (Lipinski definition) is 1. The topological polar surface area (TPSA) is 108 Å². The second-order valence-corrected chi connectivity index (χ2v) is 17.9. The van der Waals surface area contributed by atoms with Gasteiger partial charge in [-0.25, -0.2) is 4.57 Å². The standard InChI is InChI=1S/C47H86NO8P/c1-6-8-10-12-14-16-18-20-22-24-26-27-29-31-33-35-37-39-46(49)53-43-45(44-55-57(51,52)54-42-41-48(3,4)5)56-47(50)40-38-36-34-32-30-28-25-23-21-19-17-15-13-11-9-7-2/h14,16,20,22,26-27,31,33,45H,6-13,15,17-19,21,23-25,28-30,32,34-44H2,1-5H3/p+1/b16-14+,22-20+,27-26+,33-31+/t45-/m1/s1. The van der Waals surface area contributed by atoms with Crippen molar-refractivity contribution in [3.8, 4) is 0 Å². The van der Waals surface area contributed by atoms with Crippen LogP contribution in [0.5, 0.6) is 0 Å². The van der Waals surface area contributed by atoms with Gasteiger partial charge in [-0.05, 0) is 51.4 Å². The van der Waals surface area contributed by atoms with E-state index in [1.165, 1.54) is 109 Å². The summed E-state index contributed by atoms with van der Waals surface area (Å²) < 4.78 is 34.3. The normalized spacial score (nSPS) is 14.0. The molecular weight excluding hydrogens is 737 g/mol. The zero-order chi connectivity index (χ0) is 42.1. The third kappa shape index (κ3) is 43.4. The molecule has 0 aliphatic rings. The van der Waals surface area contributed by atoms with Crippen LogP contribution in [0.3, 0.4) is 0 Å². The maximum absolute atomic E-state index is 12.7. The van der Waals surface area contributed by atoms with Crippen molar-refractivity contribution in [1.29, 1.82) is 0 Å². The molecule has 0 rings (SSSR count). The average Bonchev–Trinajstić information content (AvgIpc) is 3.16. The summed E-state index contributed by atoms with van der Waals surface area (Å²) in [7, 11) is 1.45. The first-order chi connectivity index (χ1) is 27.5. The molecule has 0 aromatic heterocycles. The van der Waals surface area contributed by atoms with E-state index in [1.807, 2.05) is 21.1 Å². The second-order valence-electron chi connectivity index (χ2n) is 16.4. The van der Waals surface area contributed by atoms with Crippen molar-refractivity contribution in [1.82, 2.24) is 0 Å². The van der Waals surface area contributed by atoms with Crippen molar-refractivity contribution >= 4 is 19.8 Å². The minimum Gasteiger partial charge on any atom is -0.462 e. The molecular formula is C47H87NO8P+. The van der Waals surface area contributed by atoms with Crippen LogP contribution in [-0.2, 0) is 32.7 Å². The summed E-state index contributed by atoms with van der Waals surface area (Å²) in [6, 6.07) is 0. The number of carbonyl (C=O) groups is 2. The fraction of sp³-hybridized carbons (Fsp3) is 0.787. The van der Waals surface area contributed by atoms with Crippen molar-refractivity contribution in [2.45, 2.75) is 193 Å². The molecule has 0 bridgehead atoms. The highest BCUT2D eigenvalue weighted by Crippen LogP contribution is 2.43. The SMILES string of the molecule is CCCCC/C=C/C/C=C/C/C=C/C/C=C/CCCC(=O)OC[C@H](COP(=O)(O)OCC[N+](C)(C)C)OC(=O)CCCCCCCCCCCCCCCCCC. The molecule has 0 saturated heterocycles. The maximum atomic E-state index is 12.7. The van der Waals surface area contributed by atoms with Gasteiger partial charge < -0.3 is 18.9 Å². The van der Waals surface area contributed by atoms with Gasteiger partial charge >= 0.3 is 19.8 Å². The Morgan fingerprint density at radius 1 is 0.544 bits per heavy atom. The van der Waals surface area contributed by atoms with Gasteiger partial charge in [-0.3, -0.25) is 18.6 Å². The highest BCUT2D eigenvalue weighted by Gasteiger charge is 2.27. The number of carbonyl (C=O) groups excluding carboxylic acids is 2. The summed E-state index contributed by atoms with van der Waals surface area (Å²) in [5.74, 6) is -0.861. The van der Waals surface area contributed by atoms with E-state index in [2.05, 4.69) is 62.5 Å². The van der Waals surface area contributed by atoms with Crippen LogP contribution in [0.4, 0.5) is 0 Å². The number of rotatable bonds is 41. The smallest absolute Gasteiger partial charge is 0.462 e. The average molecular weight is 825 g/mol. The van der Waals surface area contributed by atoms with E-state index in [4.69, 9.17) is 18.5 Å². The number of nitrogens with zero attached hydrogens (tertiary/aromatic N) is 1. The number of quaternary nitrogens is 1. The van der Waals surface area contributed by atoms with Gasteiger partial charge in [0.2, 0.25) is 0 Å². The minimum atomic E-state index is -4.39. The predicted molar refractivity (Wildman–Crippen MR) is 238 cm³/mol. The molecule has 0 fully saturated rings. The molecule has 0 aliphatic carbocycles. The van der Waals surface area contributed by atoms with Gasteiger partial charge in [0, 0.05) is 12.8 Å². The van der Waals surface area contributed by atoms with E-state index in [0.717, 1.165) is 38.5 Å². The molecule has 0 amide bonds. The molecule has 0 heterocycles. The highest BCUT2D eigenvalue weighted by molar-refractivity contribution is 7.47. The molecule has 0 aliphatic heterocycles. The largest absolute Gasteiger partial charge is 0.472 e. The molecule has 332 valence electrons. The van der Waals surface area contributed by atoms with E-state index in [1.54, 1.807) is 0 Å². The number of hydrogen-bond acceptors (Lipinski definition) is 7. The molecule has 0 radical (unpaired) electrons. The minimum absolute atomic E-state index is 0.0232. The first kappa shape index (κ1) is 55.0. The molecule has 57 heavy (non-hydrogen) atoms. The Bertz CT molecular complexity index is 1110. The zero-order valence-corrected chi connectivity index (χ0v) is 38.2. The molecule has 10 heteroatoms. The van der Waals surface area contributed by atoms with E-state index >= 15 is 0 Å². The lowest BCUT2D eigenvalue weighted by Crippen LogP contribution is -2.37. The zero-order valence-electron chi connectivity index (χ0n) is 37.3. The number of likely N-dealkylation sites (N-methyl/N-ethyl adjacent to an activating group) is 1. The summed E-state index contributed by atoms with van der Waals surface area (Å²) in [6.45, 7) is 4.34. The number of unbranched alkanes of at least 4 members (excludes halogenated alkanes) is 19. The fourth-order valence-electron chi connectivity index (χ4n) is 6.01.